The molecule has 0 unspecified atom stereocenters. The van der Waals surface area contributed by atoms with Crippen LogP contribution in [0.2, 0.25) is 0 Å². The van der Waals surface area contributed by atoms with Gasteiger partial charge in [-0.15, -0.1) is 0 Å². The van der Waals surface area contributed by atoms with Gasteiger partial charge in [0.15, 0.2) is 0 Å². The van der Waals surface area contributed by atoms with Gasteiger partial charge < -0.3 is 4.52 Å². The highest BCUT2D eigenvalue weighted by Crippen LogP contribution is 2.13. The summed E-state index contributed by atoms with van der Waals surface area (Å²) in [6, 6.07) is 0. The van der Waals surface area contributed by atoms with Gasteiger partial charge in [-0.25, -0.2) is 0 Å². The number of rotatable bonds is 3. The molecular formula is C11H13N3O. The molecule has 0 aromatic carbocycles. The second-order valence-corrected chi connectivity index (χ2v) is 3.48. The predicted molar refractivity (Wildman–Crippen MR) is 57.4 cm³/mol. The molecule has 0 bridgehead atoms. The van der Waals surface area contributed by atoms with Gasteiger partial charge in [0.2, 0.25) is 0 Å². The van der Waals surface area contributed by atoms with Crippen LogP contribution in [0, 0.1) is 13.8 Å². The average Bonchev–Trinajstić information content (AvgIpc) is 2.80. The zero-order valence-corrected chi connectivity index (χ0v) is 8.90. The van der Waals surface area contributed by atoms with Crippen molar-refractivity contribution in [2.24, 2.45) is 0 Å². The van der Waals surface area contributed by atoms with E-state index in [0.717, 1.165) is 22.6 Å². The quantitative estimate of drug-likeness (QED) is 0.768. The smallest absolute Gasteiger partial charge is 0.138 e. The van der Waals surface area contributed by atoms with Gasteiger partial charge in [-0.05, 0) is 13.8 Å². The first-order valence-corrected chi connectivity index (χ1v) is 4.77. The van der Waals surface area contributed by atoms with E-state index in [1.807, 2.05) is 24.7 Å². The molecule has 2 aromatic heterocycles. The standard InChI is InChI=1S/C11H13N3O/c1-4-10-5-12-14(6-10)7-11-8(2)13-15-9(11)3/h4-6H,1,7H2,2-3H3. The summed E-state index contributed by atoms with van der Waals surface area (Å²) < 4.78 is 6.94. The largest absolute Gasteiger partial charge is 0.361 e. The molecule has 4 heteroatoms. The second-order valence-electron chi connectivity index (χ2n) is 3.48. The van der Waals surface area contributed by atoms with Crippen LogP contribution in [-0.2, 0) is 6.54 Å². The van der Waals surface area contributed by atoms with Crippen molar-refractivity contribution in [3.63, 3.8) is 0 Å². The van der Waals surface area contributed by atoms with Crippen molar-refractivity contribution < 1.29 is 4.52 Å². The van der Waals surface area contributed by atoms with Crippen molar-refractivity contribution in [2.45, 2.75) is 20.4 Å². The Kier molecular flexibility index (Phi) is 2.41. The minimum absolute atomic E-state index is 0.689. The van der Waals surface area contributed by atoms with Crippen LogP contribution in [0.25, 0.3) is 6.08 Å². The third kappa shape index (κ3) is 1.83. The molecule has 0 radical (unpaired) electrons. The average molecular weight is 203 g/mol. The normalized spacial score (nSPS) is 10.5. The molecule has 0 aliphatic carbocycles. The van der Waals surface area contributed by atoms with Gasteiger partial charge >= 0.3 is 0 Å². The summed E-state index contributed by atoms with van der Waals surface area (Å²) in [7, 11) is 0. The van der Waals surface area contributed by atoms with E-state index in [-0.39, 0.29) is 0 Å². The second kappa shape index (κ2) is 3.73. The van der Waals surface area contributed by atoms with Crippen LogP contribution in [0.15, 0.2) is 23.5 Å². The molecule has 0 atom stereocenters. The number of aryl methyl sites for hydroxylation is 2. The van der Waals surface area contributed by atoms with Crippen LogP contribution >= 0.6 is 0 Å². The molecule has 0 spiro atoms. The Balaban J connectivity index is 2.25. The highest BCUT2D eigenvalue weighted by molar-refractivity contribution is 5.43. The van der Waals surface area contributed by atoms with Crippen LogP contribution in [0.5, 0.6) is 0 Å². The van der Waals surface area contributed by atoms with Crippen LogP contribution < -0.4 is 0 Å². The first kappa shape index (κ1) is 9.71. The Labute approximate surface area is 88.2 Å². The molecule has 0 aliphatic rings. The van der Waals surface area contributed by atoms with Gasteiger partial charge in [0.1, 0.15) is 5.76 Å². The fourth-order valence-electron chi connectivity index (χ4n) is 1.46. The van der Waals surface area contributed by atoms with Gasteiger partial charge in [-0.1, -0.05) is 17.8 Å². The van der Waals surface area contributed by atoms with Crippen molar-refractivity contribution >= 4 is 6.08 Å². The van der Waals surface area contributed by atoms with Crippen molar-refractivity contribution in [3.8, 4) is 0 Å². The summed E-state index contributed by atoms with van der Waals surface area (Å²) >= 11 is 0. The Hall–Kier alpha value is -1.84. The zero-order valence-electron chi connectivity index (χ0n) is 8.90. The van der Waals surface area contributed by atoms with E-state index < -0.39 is 0 Å². The molecule has 0 saturated heterocycles. The minimum atomic E-state index is 0.689. The maximum Gasteiger partial charge on any atom is 0.138 e. The lowest BCUT2D eigenvalue weighted by atomic mass is 10.2. The van der Waals surface area contributed by atoms with Crippen LogP contribution in [0.1, 0.15) is 22.6 Å². The van der Waals surface area contributed by atoms with Crippen LogP contribution in [0.4, 0.5) is 0 Å². The van der Waals surface area contributed by atoms with Gasteiger partial charge in [-0.2, -0.15) is 5.10 Å². The van der Waals surface area contributed by atoms with E-state index in [1.165, 1.54) is 0 Å². The fraction of sp³-hybridized carbons (Fsp3) is 0.273. The molecule has 0 saturated carbocycles. The van der Waals surface area contributed by atoms with E-state index in [0.29, 0.717) is 6.54 Å². The molecule has 2 aromatic rings. The van der Waals surface area contributed by atoms with Gasteiger partial charge in [-0.3, -0.25) is 4.68 Å². The van der Waals surface area contributed by atoms with E-state index in [2.05, 4.69) is 16.8 Å². The molecule has 0 aliphatic heterocycles. The Bertz CT molecular complexity index is 462. The monoisotopic (exact) mass is 203 g/mol. The molecule has 2 heterocycles. The maximum atomic E-state index is 5.09. The SMILES string of the molecule is C=Cc1cnn(Cc2c(C)noc2C)c1. The summed E-state index contributed by atoms with van der Waals surface area (Å²) in [5.41, 5.74) is 3.03. The summed E-state index contributed by atoms with van der Waals surface area (Å²) in [5.74, 6) is 0.850. The molecule has 0 N–H and O–H groups in total. The molecule has 2 rings (SSSR count). The predicted octanol–water partition coefficient (Wildman–Crippen LogP) is 2.18. The molecule has 15 heavy (non-hydrogen) atoms. The fourth-order valence-corrected chi connectivity index (χ4v) is 1.46. The van der Waals surface area contributed by atoms with E-state index in [1.54, 1.807) is 12.3 Å². The van der Waals surface area contributed by atoms with E-state index in [9.17, 15) is 0 Å². The lowest BCUT2D eigenvalue weighted by Gasteiger charge is -1.99. The van der Waals surface area contributed by atoms with Crippen molar-refractivity contribution in [3.05, 3.63) is 41.6 Å². The summed E-state index contributed by atoms with van der Waals surface area (Å²) in [6.45, 7) is 8.23. The van der Waals surface area contributed by atoms with Crippen molar-refractivity contribution in [1.82, 2.24) is 14.9 Å². The highest BCUT2D eigenvalue weighted by atomic mass is 16.5. The van der Waals surface area contributed by atoms with Crippen LogP contribution in [0.3, 0.4) is 0 Å². The summed E-state index contributed by atoms with van der Waals surface area (Å²) in [6.07, 6.45) is 5.50. The summed E-state index contributed by atoms with van der Waals surface area (Å²) in [4.78, 5) is 0. The number of aromatic nitrogens is 3. The number of hydrogen-bond donors (Lipinski definition) is 0. The van der Waals surface area contributed by atoms with Crippen LogP contribution in [-0.4, -0.2) is 14.9 Å². The van der Waals surface area contributed by atoms with Crippen molar-refractivity contribution in [2.75, 3.05) is 0 Å². The third-order valence-electron chi connectivity index (χ3n) is 2.39. The van der Waals surface area contributed by atoms with E-state index >= 15 is 0 Å². The van der Waals surface area contributed by atoms with Gasteiger partial charge in [0.05, 0.1) is 18.4 Å². The lowest BCUT2D eigenvalue weighted by molar-refractivity contribution is 0.391. The molecule has 78 valence electrons. The molecule has 4 nitrogen and oxygen atoms in total. The topological polar surface area (TPSA) is 43.9 Å². The summed E-state index contributed by atoms with van der Waals surface area (Å²) in [5, 5.41) is 8.12. The van der Waals surface area contributed by atoms with Gasteiger partial charge in [0.25, 0.3) is 0 Å². The Morgan fingerprint density at radius 2 is 2.33 bits per heavy atom. The number of hydrogen-bond acceptors (Lipinski definition) is 3. The molecule has 0 fully saturated rings. The maximum absolute atomic E-state index is 5.09. The first-order chi connectivity index (χ1) is 7.20. The Morgan fingerprint density at radius 3 is 2.87 bits per heavy atom. The minimum Gasteiger partial charge on any atom is -0.361 e. The van der Waals surface area contributed by atoms with Crippen molar-refractivity contribution in [1.29, 1.82) is 0 Å². The third-order valence-corrected chi connectivity index (χ3v) is 2.39. The van der Waals surface area contributed by atoms with E-state index in [4.69, 9.17) is 4.52 Å². The molecular weight excluding hydrogens is 190 g/mol. The number of nitrogens with zero attached hydrogens (tertiary/aromatic N) is 3. The first-order valence-electron chi connectivity index (χ1n) is 4.77. The lowest BCUT2D eigenvalue weighted by Crippen LogP contribution is -2.01. The molecule has 0 amide bonds. The Morgan fingerprint density at radius 1 is 1.53 bits per heavy atom. The highest BCUT2D eigenvalue weighted by Gasteiger charge is 2.09. The zero-order chi connectivity index (χ0) is 10.8. The van der Waals surface area contributed by atoms with Gasteiger partial charge in [0, 0.05) is 17.3 Å².